The van der Waals surface area contributed by atoms with Crippen LogP contribution < -0.4 is 46.1 Å². The lowest BCUT2D eigenvalue weighted by Crippen LogP contribution is -2.63. The van der Waals surface area contributed by atoms with Crippen LogP contribution in [0, 0.1) is 51.5 Å². The molecular weight excluding hydrogens is 1450 g/mol. The van der Waals surface area contributed by atoms with E-state index < -0.39 is 192 Å². The van der Waals surface area contributed by atoms with Gasteiger partial charge in [0, 0.05) is 62.4 Å². The normalized spacial score (nSPS) is 23.0. The first-order chi connectivity index (χ1) is 52.3. The van der Waals surface area contributed by atoms with Crippen LogP contribution in [0.15, 0.2) is 24.3 Å². The Labute approximate surface area is 662 Å². The number of carbonyl (C=O) groups is 13. The van der Waals surface area contributed by atoms with Gasteiger partial charge in [0.2, 0.25) is 82.4 Å². The molecule has 0 spiro atoms. The molecule has 0 unspecified atom stereocenters. The number of rotatable bonds is 29. The average molecular weight is 1590 g/mol. The molecule has 1 fully saturated rings. The Kier molecular flexibility index (Phi) is 41.8. The van der Waals surface area contributed by atoms with Crippen molar-refractivity contribution in [1.29, 1.82) is 0 Å². The van der Waals surface area contributed by atoms with Gasteiger partial charge in [0.1, 0.15) is 67.0 Å². The molecule has 0 radical (unpaired) electrons. The maximum Gasteiger partial charge on any atom is 0.412 e. The SMILES string of the molecule is C/C=C/C[C@@H](C)[C@@H](O)[C@H]1C(=O)N[C@@H](CC)C(=O)N(C)CC(=O)N(C)[C@@H](CC(C)C)C(=O)N[C@@H](C(C)C)C(=O)N(C)[C@@H](CC(C)C)C(=O)N[C@@H](C)C(=O)N[C@H](COCC(=O)NCCCCCNC(=O)Oc2ccc(OC)c(OC)c2[N+](=O)[O-])C(=O)N(C)[C@@H](CC(C)C)C(=O)N(C)[C@@H](CC(C)C)C(=O)N(C)[C@@H](C(C)C)C(=O)N1C. The molecule has 1 aromatic rings. The van der Waals surface area contributed by atoms with Crippen molar-refractivity contribution in [2.24, 2.45) is 41.4 Å². The number of ether oxygens (including phenoxy) is 4. The fraction of sp³-hybridized carbons (Fsp3) is 0.731. The van der Waals surface area contributed by atoms with Crippen LogP contribution >= 0.6 is 0 Å². The third-order valence-electron chi connectivity index (χ3n) is 19.8. The van der Waals surface area contributed by atoms with Crippen molar-refractivity contribution >= 4 is 82.7 Å². The van der Waals surface area contributed by atoms with Gasteiger partial charge in [-0.2, -0.15) is 0 Å². The molecule has 634 valence electrons. The first kappa shape index (κ1) is 98.9. The van der Waals surface area contributed by atoms with E-state index in [1.54, 1.807) is 74.5 Å². The number of nitrogens with zero attached hydrogens (tertiary/aromatic N) is 8. The van der Waals surface area contributed by atoms with Crippen molar-refractivity contribution in [3.05, 3.63) is 34.4 Å². The first-order valence-corrected chi connectivity index (χ1v) is 38.8. The second-order valence-electron chi connectivity index (χ2n) is 31.6. The Hall–Kier alpha value is -9.21. The maximum atomic E-state index is 15.5. The number of aliphatic hydroxyl groups is 1. The number of allylic oxidation sites excluding steroid dienone is 2. The highest BCUT2D eigenvalue weighted by Gasteiger charge is 2.46. The molecule has 0 bridgehead atoms. The third-order valence-corrected chi connectivity index (χ3v) is 19.8. The smallest absolute Gasteiger partial charge is 0.412 e. The Morgan fingerprint density at radius 1 is 0.571 bits per heavy atom. The van der Waals surface area contributed by atoms with Gasteiger partial charge < -0.3 is 90.3 Å². The number of benzene rings is 1. The molecule has 1 heterocycles. The maximum absolute atomic E-state index is 15.5. The Bertz CT molecular complexity index is 3390. The van der Waals surface area contributed by atoms with Crippen molar-refractivity contribution in [3.63, 3.8) is 0 Å². The number of nitro groups is 1. The summed E-state index contributed by atoms with van der Waals surface area (Å²) in [5.41, 5.74) is -0.613. The summed E-state index contributed by atoms with van der Waals surface area (Å²) in [6.45, 7) is 26.1. The molecule has 13 amide bonds. The number of nitro benzene ring substituents is 1. The lowest BCUT2D eigenvalue weighted by atomic mass is 9.91. The van der Waals surface area contributed by atoms with Crippen LogP contribution in [0.5, 0.6) is 17.2 Å². The highest BCUT2D eigenvalue weighted by molar-refractivity contribution is 6.00. The first-order valence-electron chi connectivity index (χ1n) is 38.8. The molecule has 1 aromatic carbocycles. The lowest BCUT2D eigenvalue weighted by Gasteiger charge is -2.41. The van der Waals surface area contributed by atoms with E-state index in [9.17, 15) is 58.4 Å². The van der Waals surface area contributed by atoms with Gasteiger partial charge in [-0.15, -0.1) is 0 Å². The van der Waals surface area contributed by atoms with Crippen LogP contribution in [-0.4, -0.2) is 284 Å². The Morgan fingerprint density at radius 3 is 1.55 bits per heavy atom. The molecule has 0 saturated carbocycles. The zero-order valence-corrected chi connectivity index (χ0v) is 70.9. The molecule has 34 heteroatoms. The molecule has 34 nitrogen and oxygen atoms in total. The molecule has 0 aliphatic carbocycles. The monoisotopic (exact) mass is 1580 g/mol. The van der Waals surface area contributed by atoms with Gasteiger partial charge >= 0.3 is 11.8 Å². The third kappa shape index (κ3) is 29.1. The summed E-state index contributed by atoms with van der Waals surface area (Å²) in [7, 11) is 12.1. The number of likely N-dealkylation sites (N-methyl/N-ethyl adjacent to an activating group) is 7. The minimum Gasteiger partial charge on any atom is -0.493 e. The molecule has 112 heavy (non-hydrogen) atoms. The van der Waals surface area contributed by atoms with Gasteiger partial charge in [0.05, 0.1) is 38.4 Å². The summed E-state index contributed by atoms with van der Waals surface area (Å²) in [6.07, 6.45) is 2.73. The zero-order valence-electron chi connectivity index (χ0n) is 70.9. The van der Waals surface area contributed by atoms with Gasteiger partial charge in [-0.1, -0.05) is 109 Å². The number of hydrogen-bond donors (Lipinski definition) is 7. The van der Waals surface area contributed by atoms with Gasteiger partial charge in [0.15, 0.2) is 5.75 Å². The number of unbranched alkanes of at least 4 members (excludes halogenated alkanes) is 2. The molecule has 1 saturated heterocycles. The number of carbonyl (C=O) groups excluding carboxylic acids is 13. The van der Waals surface area contributed by atoms with E-state index in [2.05, 4.69) is 31.9 Å². The van der Waals surface area contributed by atoms with Crippen molar-refractivity contribution in [2.45, 2.75) is 235 Å². The summed E-state index contributed by atoms with van der Waals surface area (Å²) in [4.78, 5) is 210. The molecule has 2 rings (SSSR count). The number of hydrogen-bond acceptors (Lipinski definition) is 20. The highest BCUT2D eigenvalue weighted by atomic mass is 16.6. The topological polar surface area (TPSA) is 417 Å². The zero-order chi connectivity index (χ0) is 85.6. The summed E-state index contributed by atoms with van der Waals surface area (Å²) in [6, 6.07) is -11.3. The van der Waals surface area contributed by atoms with Crippen LogP contribution in [0.2, 0.25) is 0 Å². The Morgan fingerprint density at radius 2 is 1.05 bits per heavy atom. The molecule has 0 aromatic heterocycles. The molecular formula is C78H132N14O20. The van der Waals surface area contributed by atoms with Crippen molar-refractivity contribution in [3.8, 4) is 17.2 Å². The van der Waals surface area contributed by atoms with Crippen LogP contribution in [0.1, 0.15) is 169 Å². The lowest BCUT2D eigenvalue weighted by molar-refractivity contribution is -0.386. The molecule has 1 aliphatic heterocycles. The van der Waals surface area contributed by atoms with Gasteiger partial charge in [-0.05, 0) is 125 Å². The van der Waals surface area contributed by atoms with Crippen molar-refractivity contribution in [1.82, 2.24) is 66.2 Å². The largest absolute Gasteiger partial charge is 0.493 e. The van der Waals surface area contributed by atoms with E-state index in [1.165, 1.54) is 102 Å². The van der Waals surface area contributed by atoms with Gasteiger partial charge in [0.25, 0.3) is 0 Å². The van der Waals surface area contributed by atoms with Crippen molar-refractivity contribution < 1.29 is 91.3 Å². The van der Waals surface area contributed by atoms with Crippen LogP contribution in [0.3, 0.4) is 0 Å². The standard InChI is InChI=1S/C78H132N14O20/c1-26-28-32-50(15)66(95)65-71(99)82-52(27-2)72(100)85(17)41-61(94)86(18)54(37-44(3)4)70(98)84-62(48(11)12)76(104)87(19)55(38-45(5)6)69(97)81-51(16)68(96)83-53(42-111-43-60(93)79-35-30-29-31-36-80-78(106)112-58-33-34-59(109-24)67(110-25)64(58)92(107)108)73(101)88(20)56(39-46(7)8)74(102)89(21)57(40-47(9)10)75(103)90(22)63(49(13)14)77(105)91(65)23/h26,28,33-34,44-57,62-63,65-66,95H,27,29-32,35-43H2,1-25H3,(H,79,93)(H,80,106)(H,81,97)(H,82,99)(H,83,96)(H,84,98)/b28-26+/t50-,51+,52+,53-,54+,55+,56+,57+,62+,63+,65+,66-/m1/s1. The minimum atomic E-state index is -1.68. The molecule has 1 aliphatic rings. The summed E-state index contributed by atoms with van der Waals surface area (Å²) in [5, 5.41) is 40.3. The number of amides is 13. The fourth-order valence-electron chi connectivity index (χ4n) is 13.1. The van der Waals surface area contributed by atoms with E-state index in [0.29, 0.717) is 19.3 Å². The van der Waals surface area contributed by atoms with Gasteiger partial charge in [-0.25, -0.2) is 4.79 Å². The molecule has 7 N–H and O–H groups in total. The van der Waals surface area contributed by atoms with E-state index in [1.807, 2.05) is 41.5 Å². The van der Waals surface area contributed by atoms with Crippen molar-refractivity contribution in [2.75, 3.05) is 96.4 Å². The minimum absolute atomic E-state index is 0.0000478. The predicted octanol–water partition coefficient (Wildman–Crippen LogP) is 4.27. The summed E-state index contributed by atoms with van der Waals surface area (Å²) in [5.74, 6) is -12.7. The summed E-state index contributed by atoms with van der Waals surface area (Å²) >= 11 is 0. The number of nitrogens with one attached hydrogen (secondary N) is 6. The highest BCUT2D eigenvalue weighted by Crippen LogP contribution is 2.43. The van der Waals surface area contributed by atoms with Crippen LogP contribution in [0.25, 0.3) is 0 Å². The average Bonchev–Trinajstić information content (AvgIpc) is 0.785. The van der Waals surface area contributed by atoms with E-state index in [4.69, 9.17) is 18.9 Å². The predicted molar refractivity (Wildman–Crippen MR) is 421 cm³/mol. The van der Waals surface area contributed by atoms with E-state index in [-0.39, 0.29) is 92.5 Å². The van der Waals surface area contributed by atoms with Crippen LogP contribution in [-0.2, 0) is 62.3 Å². The summed E-state index contributed by atoms with van der Waals surface area (Å²) < 4.78 is 21.3. The molecule has 12 atom stereocenters. The Balaban J connectivity index is 2.88. The van der Waals surface area contributed by atoms with E-state index >= 15 is 19.2 Å². The fourth-order valence-corrected chi connectivity index (χ4v) is 13.1. The number of methoxy groups -OCH3 is 2. The second-order valence-corrected chi connectivity index (χ2v) is 31.6. The van der Waals surface area contributed by atoms with Crippen LogP contribution in [0.4, 0.5) is 10.5 Å². The van der Waals surface area contributed by atoms with E-state index in [0.717, 1.165) is 14.7 Å². The number of aliphatic hydroxyl groups excluding tert-OH is 1. The van der Waals surface area contributed by atoms with Gasteiger partial charge in [-0.3, -0.25) is 67.6 Å². The second kappa shape index (κ2) is 47.3. The quantitative estimate of drug-likeness (QED) is 0.0255.